The molecule has 0 aliphatic carbocycles. The van der Waals surface area contributed by atoms with Crippen molar-refractivity contribution < 1.29 is 5.11 Å². The molecule has 2 nitrogen and oxygen atoms in total. The lowest BCUT2D eigenvalue weighted by Crippen LogP contribution is -2.27. The first-order valence-corrected chi connectivity index (χ1v) is 2.63. The van der Waals surface area contributed by atoms with Crippen LogP contribution in [0.15, 0.2) is 12.7 Å². The molecule has 0 aromatic carbocycles. The van der Waals surface area contributed by atoms with Gasteiger partial charge in [0.25, 0.3) is 0 Å². The molecule has 0 aliphatic heterocycles. The van der Waals surface area contributed by atoms with E-state index in [0.717, 1.165) is 0 Å². The van der Waals surface area contributed by atoms with Gasteiger partial charge in [-0.2, -0.15) is 0 Å². The molecule has 0 aromatic heterocycles. The van der Waals surface area contributed by atoms with Gasteiger partial charge in [0.05, 0.1) is 0 Å². The first-order chi connectivity index (χ1) is 3.81. The predicted octanol–water partition coefficient (Wildman–Crippen LogP) is 0.305. The first-order valence-electron chi connectivity index (χ1n) is 2.63. The number of hydrogen-bond donors (Lipinski definition) is 2. The molecule has 8 heavy (non-hydrogen) atoms. The van der Waals surface area contributed by atoms with Gasteiger partial charge in [0.15, 0.2) is 0 Å². The Morgan fingerprint density at radius 2 is 2.38 bits per heavy atom. The third-order valence-electron chi connectivity index (χ3n) is 0.771. The second kappa shape index (κ2) is 4.81. The fourth-order valence-electron chi connectivity index (χ4n) is 0.321. The molecule has 0 aliphatic rings. The number of aliphatic hydroxyl groups is 1. The second-order valence-electron chi connectivity index (χ2n) is 1.50. The van der Waals surface area contributed by atoms with Gasteiger partial charge in [0.1, 0.15) is 6.23 Å². The van der Waals surface area contributed by atoms with Crippen LogP contribution in [0.3, 0.4) is 0 Å². The van der Waals surface area contributed by atoms with E-state index in [1.54, 1.807) is 6.08 Å². The Labute approximate surface area is 50.2 Å². The van der Waals surface area contributed by atoms with E-state index in [9.17, 15) is 0 Å². The summed E-state index contributed by atoms with van der Waals surface area (Å²) < 4.78 is 0. The summed E-state index contributed by atoms with van der Waals surface area (Å²) in [6, 6.07) is 0. The minimum atomic E-state index is -0.479. The maximum absolute atomic E-state index is 8.77. The average Bonchev–Trinajstić information content (AvgIpc) is 1.83. The van der Waals surface area contributed by atoms with Crippen LogP contribution in [0.5, 0.6) is 0 Å². The molecule has 47 valence electrons. The molecule has 0 amide bonds. The molecule has 0 saturated heterocycles. The van der Waals surface area contributed by atoms with Crippen LogP contribution in [0.25, 0.3) is 0 Å². The second-order valence-corrected chi connectivity index (χ2v) is 1.50. The zero-order chi connectivity index (χ0) is 6.41. The first kappa shape index (κ1) is 7.66. The Balaban J connectivity index is 2.97. The quantitative estimate of drug-likeness (QED) is 0.407. The number of rotatable bonds is 4. The summed E-state index contributed by atoms with van der Waals surface area (Å²) in [6.45, 7) is 7.60. The van der Waals surface area contributed by atoms with Crippen molar-refractivity contribution in [3.05, 3.63) is 19.6 Å². The molecule has 0 fully saturated rings. The summed E-state index contributed by atoms with van der Waals surface area (Å²) >= 11 is 0. The molecule has 0 heterocycles. The van der Waals surface area contributed by atoms with Crippen LogP contribution in [0.4, 0.5) is 0 Å². The highest BCUT2D eigenvalue weighted by Gasteiger charge is 1.93. The average molecular weight is 114 g/mol. The third kappa shape index (κ3) is 3.84. The van der Waals surface area contributed by atoms with Crippen LogP contribution in [-0.4, -0.2) is 17.9 Å². The van der Waals surface area contributed by atoms with Crippen molar-refractivity contribution in [1.82, 2.24) is 5.32 Å². The normalized spacial score (nSPS) is 13.2. The Morgan fingerprint density at radius 3 is 2.75 bits per heavy atom. The van der Waals surface area contributed by atoms with Crippen molar-refractivity contribution in [2.24, 2.45) is 0 Å². The number of nitrogens with one attached hydrogen (secondary N) is 1. The Morgan fingerprint density at radius 1 is 1.75 bits per heavy atom. The lowest BCUT2D eigenvalue weighted by Gasteiger charge is -2.05. The van der Waals surface area contributed by atoms with Crippen molar-refractivity contribution in [2.75, 3.05) is 6.54 Å². The van der Waals surface area contributed by atoms with Crippen LogP contribution in [0, 0.1) is 6.92 Å². The molecule has 0 spiro atoms. The van der Waals surface area contributed by atoms with E-state index in [1.807, 2.05) is 0 Å². The summed E-state index contributed by atoms with van der Waals surface area (Å²) in [5, 5.41) is 11.5. The highest BCUT2D eigenvalue weighted by atomic mass is 16.3. The van der Waals surface area contributed by atoms with Gasteiger partial charge in [-0.05, 0) is 13.3 Å². The van der Waals surface area contributed by atoms with Crippen molar-refractivity contribution in [3.8, 4) is 0 Å². The van der Waals surface area contributed by atoms with Crippen molar-refractivity contribution in [3.63, 3.8) is 0 Å². The molecular weight excluding hydrogens is 102 g/mol. The summed E-state index contributed by atoms with van der Waals surface area (Å²) in [6.07, 6.45) is 1.71. The van der Waals surface area contributed by atoms with Crippen LogP contribution < -0.4 is 5.32 Å². The lowest BCUT2D eigenvalue weighted by molar-refractivity contribution is 0.144. The van der Waals surface area contributed by atoms with E-state index in [4.69, 9.17) is 5.11 Å². The van der Waals surface area contributed by atoms with E-state index in [-0.39, 0.29) is 0 Å². The molecular formula is C6H12NO. The van der Waals surface area contributed by atoms with E-state index < -0.39 is 6.23 Å². The van der Waals surface area contributed by atoms with Gasteiger partial charge < -0.3 is 5.11 Å². The van der Waals surface area contributed by atoms with Gasteiger partial charge in [0.2, 0.25) is 0 Å². The molecule has 1 unspecified atom stereocenters. The van der Waals surface area contributed by atoms with Crippen molar-refractivity contribution in [2.45, 2.75) is 12.6 Å². The van der Waals surface area contributed by atoms with Gasteiger partial charge in [-0.3, -0.25) is 5.32 Å². The molecule has 2 heteroatoms. The maximum atomic E-state index is 8.77. The van der Waals surface area contributed by atoms with Crippen molar-refractivity contribution >= 4 is 0 Å². The Bertz CT molecular complexity index is 63.5. The van der Waals surface area contributed by atoms with E-state index in [2.05, 4.69) is 18.8 Å². The minimum absolute atomic E-state index is 0.479. The molecule has 1 atom stereocenters. The monoisotopic (exact) mass is 114 g/mol. The van der Waals surface area contributed by atoms with Gasteiger partial charge >= 0.3 is 0 Å². The fraction of sp³-hybridized carbons (Fsp3) is 0.500. The summed E-state index contributed by atoms with van der Waals surface area (Å²) in [5.74, 6) is 0. The van der Waals surface area contributed by atoms with E-state index in [1.165, 1.54) is 0 Å². The van der Waals surface area contributed by atoms with E-state index in [0.29, 0.717) is 13.0 Å². The zero-order valence-electron chi connectivity index (χ0n) is 4.93. The molecule has 2 N–H and O–H groups in total. The van der Waals surface area contributed by atoms with Crippen molar-refractivity contribution in [1.29, 1.82) is 0 Å². The topological polar surface area (TPSA) is 32.3 Å². The summed E-state index contributed by atoms with van der Waals surface area (Å²) in [5.41, 5.74) is 0. The fourth-order valence-corrected chi connectivity index (χ4v) is 0.321. The van der Waals surface area contributed by atoms with E-state index >= 15 is 0 Å². The third-order valence-corrected chi connectivity index (χ3v) is 0.771. The largest absolute Gasteiger partial charge is 0.379 e. The summed E-state index contributed by atoms with van der Waals surface area (Å²) in [4.78, 5) is 0. The molecule has 1 radical (unpaired) electrons. The Kier molecular flexibility index (Phi) is 4.61. The maximum Gasteiger partial charge on any atom is 0.105 e. The molecule has 0 aromatic rings. The lowest BCUT2D eigenvalue weighted by atomic mass is 10.4. The summed E-state index contributed by atoms with van der Waals surface area (Å²) in [7, 11) is 0. The molecule has 0 bridgehead atoms. The van der Waals surface area contributed by atoms with Gasteiger partial charge in [-0.15, -0.1) is 6.58 Å². The number of hydrogen-bond acceptors (Lipinski definition) is 2. The molecule has 0 saturated carbocycles. The molecule has 0 rings (SSSR count). The van der Waals surface area contributed by atoms with Crippen LogP contribution in [-0.2, 0) is 0 Å². The standard InChI is InChI=1S/C6H12NO/c1-3-5-7-6(8)4-2/h3,6-8H,1-2,4-5H2. The van der Waals surface area contributed by atoms with Gasteiger partial charge in [-0.1, -0.05) is 6.08 Å². The zero-order valence-corrected chi connectivity index (χ0v) is 4.93. The highest BCUT2D eigenvalue weighted by molar-refractivity contribution is 4.70. The highest BCUT2D eigenvalue weighted by Crippen LogP contribution is 1.80. The van der Waals surface area contributed by atoms with Crippen LogP contribution >= 0.6 is 0 Å². The van der Waals surface area contributed by atoms with Crippen LogP contribution in [0.2, 0.25) is 0 Å². The predicted molar refractivity (Wildman–Crippen MR) is 34.2 cm³/mol. The number of aliphatic hydroxyl groups excluding tert-OH is 1. The SMILES string of the molecule is [CH2]CC(O)NCC=C. The van der Waals surface area contributed by atoms with Crippen LogP contribution in [0.1, 0.15) is 6.42 Å². The smallest absolute Gasteiger partial charge is 0.105 e. The minimum Gasteiger partial charge on any atom is -0.379 e. The van der Waals surface area contributed by atoms with Gasteiger partial charge in [0, 0.05) is 6.54 Å². The Hall–Kier alpha value is -0.340. The van der Waals surface area contributed by atoms with Gasteiger partial charge in [-0.25, -0.2) is 0 Å².